The summed E-state index contributed by atoms with van der Waals surface area (Å²) in [7, 11) is 5.21. The predicted octanol–water partition coefficient (Wildman–Crippen LogP) is 2.62. The molecule has 1 fully saturated rings. The van der Waals surface area contributed by atoms with E-state index in [1.54, 1.807) is 14.2 Å². The maximum Gasteiger partial charge on any atom is 0.190 e. The van der Waals surface area contributed by atoms with Gasteiger partial charge in [0.1, 0.15) is 11.5 Å². The van der Waals surface area contributed by atoms with Crippen LogP contribution in [0.25, 0.3) is 0 Å². The summed E-state index contributed by atoms with van der Waals surface area (Å²) in [6.07, 6.45) is 2.05. The second-order valence-corrected chi connectivity index (χ2v) is 7.90. The Balaban J connectivity index is 1.28. The molecule has 32 heavy (non-hydrogen) atoms. The number of guanidine groups is 1. The second kappa shape index (κ2) is 12.8. The van der Waals surface area contributed by atoms with Crippen LogP contribution in [0.2, 0.25) is 0 Å². The van der Waals surface area contributed by atoms with Gasteiger partial charge in [0.2, 0.25) is 0 Å². The molecule has 0 bridgehead atoms. The first-order valence-electron chi connectivity index (χ1n) is 11.4. The molecule has 0 saturated carbocycles. The van der Waals surface area contributed by atoms with Gasteiger partial charge >= 0.3 is 0 Å². The molecule has 0 aliphatic carbocycles. The van der Waals surface area contributed by atoms with Crippen molar-refractivity contribution in [3.63, 3.8) is 0 Å². The minimum atomic E-state index is 0.847. The Hall–Kier alpha value is -2.93. The number of ether oxygens (including phenoxy) is 2. The molecule has 2 N–H and O–H groups in total. The number of hydrogen-bond donors (Lipinski definition) is 2. The Morgan fingerprint density at radius 3 is 2.03 bits per heavy atom. The van der Waals surface area contributed by atoms with Crippen molar-refractivity contribution in [3.8, 4) is 11.5 Å². The quantitative estimate of drug-likeness (QED) is 0.337. The fourth-order valence-corrected chi connectivity index (χ4v) is 3.87. The molecule has 1 aliphatic heterocycles. The first-order chi connectivity index (χ1) is 15.7. The Labute approximate surface area is 192 Å². The smallest absolute Gasteiger partial charge is 0.190 e. The molecule has 7 nitrogen and oxygen atoms in total. The number of benzene rings is 2. The third kappa shape index (κ3) is 7.34. The second-order valence-electron chi connectivity index (χ2n) is 7.90. The Morgan fingerprint density at radius 1 is 0.844 bits per heavy atom. The molecule has 1 saturated heterocycles. The molecule has 2 aromatic carbocycles. The SMILES string of the molecule is CN=C(NCCCN1CCN(c2ccc(OC)cc2)CC1)NCCc1ccc(OC)cc1. The van der Waals surface area contributed by atoms with E-state index in [1.807, 2.05) is 31.3 Å². The van der Waals surface area contributed by atoms with Crippen LogP contribution in [-0.4, -0.2) is 77.9 Å². The van der Waals surface area contributed by atoms with E-state index < -0.39 is 0 Å². The summed E-state index contributed by atoms with van der Waals surface area (Å²) in [5.41, 5.74) is 2.55. The number of nitrogens with zero attached hydrogens (tertiary/aromatic N) is 3. The monoisotopic (exact) mass is 439 g/mol. The highest BCUT2D eigenvalue weighted by molar-refractivity contribution is 5.79. The third-order valence-corrected chi connectivity index (χ3v) is 5.84. The average molecular weight is 440 g/mol. The average Bonchev–Trinajstić information content (AvgIpc) is 2.86. The van der Waals surface area contributed by atoms with Gasteiger partial charge < -0.3 is 25.0 Å². The molecule has 3 rings (SSSR count). The van der Waals surface area contributed by atoms with Crippen molar-refractivity contribution in [1.82, 2.24) is 15.5 Å². The lowest BCUT2D eigenvalue weighted by molar-refractivity contribution is 0.255. The first kappa shape index (κ1) is 23.7. The van der Waals surface area contributed by atoms with Crippen LogP contribution in [0.15, 0.2) is 53.5 Å². The highest BCUT2D eigenvalue weighted by atomic mass is 16.5. The van der Waals surface area contributed by atoms with Gasteiger partial charge in [-0.2, -0.15) is 0 Å². The summed E-state index contributed by atoms with van der Waals surface area (Å²) in [4.78, 5) is 9.32. The van der Waals surface area contributed by atoms with Gasteiger partial charge in [0.25, 0.3) is 0 Å². The minimum absolute atomic E-state index is 0.847. The topological polar surface area (TPSA) is 61.4 Å². The van der Waals surface area contributed by atoms with E-state index in [-0.39, 0.29) is 0 Å². The van der Waals surface area contributed by atoms with Gasteiger partial charge in [-0.3, -0.25) is 9.89 Å². The van der Waals surface area contributed by atoms with E-state index in [4.69, 9.17) is 9.47 Å². The molecular formula is C25H37N5O2. The molecular weight excluding hydrogens is 402 g/mol. The number of rotatable bonds is 10. The maximum absolute atomic E-state index is 5.25. The van der Waals surface area contributed by atoms with Crippen LogP contribution in [0.4, 0.5) is 5.69 Å². The van der Waals surface area contributed by atoms with Crippen molar-refractivity contribution >= 4 is 11.6 Å². The van der Waals surface area contributed by atoms with E-state index in [2.05, 4.69) is 49.7 Å². The zero-order valence-corrected chi connectivity index (χ0v) is 19.6. The van der Waals surface area contributed by atoms with Gasteiger partial charge in [0.15, 0.2) is 5.96 Å². The zero-order valence-electron chi connectivity index (χ0n) is 19.6. The summed E-state index contributed by atoms with van der Waals surface area (Å²) in [6.45, 7) is 7.19. The Bertz CT molecular complexity index is 815. The number of nitrogens with one attached hydrogen (secondary N) is 2. The molecule has 0 aromatic heterocycles. The van der Waals surface area contributed by atoms with Crippen LogP contribution in [0.1, 0.15) is 12.0 Å². The van der Waals surface area contributed by atoms with Gasteiger partial charge in [0, 0.05) is 52.0 Å². The van der Waals surface area contributed by atoms with E-state index in [0.29, 0.717) is 0 Å². The number of anilines is 1. The van der Waals surface area contributed by atoms with E-state index in [1.165, 1.54) is 11.3 Å². The van der Waals surface area contributed by atoms with Crippen molar-refractivity contribution in [1.29, 1.82) is 0 Å². The minimum Gasteiger partial charge on any atom is -0.497 e. The lowest BCUT2D eigenvalue weighted by atomic mass is 10.1. The fourth-order valence-electron chi connectivity index (χ4n) is 3.87. The predicted molar refractivity (Wildman–Crippen MR) is 132 cm³/mol. The largest absolute Gasteiger partial charge is 0.497 e. The zero-order chi connectivity index (χ0) is 22.6. The van der Waals surface area contributed by atoms with Crippen molar-refractivity contribution in [2.75, 3.05) is 72.0 Å². The van der Waals surface area contributed by atoms with Gasteiger partial charge in [-0.25, -0.2) is 0 Å². The van der Waals surface area contributed by atoms with Crippen molar-refractivity contribution in [2.45, 2.75) is 12.8 Å². The molecule has 1 aliphatic rings. The van der Waals surface area contributed by atoms with Crippen molar-refractivity contribution in [3.05, 3.63) is 54.1 Å². The molecule has 0 atom stereocenters. The van der Waals surface area contributed by atoms with Crippen LogP contribution in [0.5, 0.6) is 11.5 Å². The maximum atomic E-state index is 5.25. The number of piperazine rings is 1. The summed E-state index contributed by atoms with van der Waals surface area (Å²) in [5.74, 6) is 2.66. The summed E-state index contributed by atoms with van der Waals surface area (Å²) < 4.78 is 10.5. The molecule has 2 aromatic rings. The first-order valence-corrected chi connectivity index (χ1v) is 11.4. The number of aliphatic imine (C=N–C) groups is 1. The molecule has 7 heteroatoms. The van der Waals surface area contributed by atoms with E-state index in [0.717, 1.165) is 76.1 Å². The molecule has 0 unspecified atom stereocenters. The van der Waals surface area contributed by atoms with E-state index in [9.17, 15) is 0 Å². The molecule has 0 spiro atoms. The fraction of sp³-hybridized carbons (Fsp3) is 0.480. The Morgan fingerprint density at radius 2 is 1.44 bits per heavy atom. The third-order valence-electron chi connectivity index (χ3n) is 5.84. The Kier molecular flexibility index (Phi) is 9.50. The van der Waals surface area contributed by atoms with Crippen LogP contribution in [0, 0.1) is 0 Å². The standard InChI is InChI=1S/C25H37N5O2/c1-26-25(28-15-13-21-5-9-23(31-2)10-6-21)27-14-4-16-29-17-19-30(20-18-29)22-7-11-24(32-3)12-8-22/h5-12H,4,13-20H2,1-3H3,(H2,26,27,28). The van der Waals surface area contributed by atoms with E-state index >= 15 is 0 Å². The highest BCUT2D eigenvalue weighted by Gasteiger charge is 2.16. The van der Waals surface area contributed by atoms with Crippen LogP contribution >= 0.6 is 0 Å². The van der Waals surface area contributed by atoms with Crippen molar-refractivity contribution in [2.24, 2.45) is 4.99 Å². The lowest BCUT2D eigenvalue weighted by Crippen LogP contribution is -2.47. The van der Waals surface area contributed by atoms with Gasteiger partial charge in [-0.1, -0.05) is 12.1 Å². The summed E-state index contributed by atoms with van der Waals surface area (Å²) in [5, 5.41) is 6.82. The summed E-state index contributed by atoms with van der Waals surface area (Å²) >= 11 is 0. The highest BCUT2D eigenvalue weighted by Crippen LogP contribution is 2.20. The number of hydrogen-bond acceptors (Lipinski definition) is 5. The molecule has 0 amide bonds. The van der Waals surface area contributed by atoms with Gasteiger partial charge in [-0.05, 0) is 61.3 Å². The van der Waals surface area contributed by atoms with Crippen LogP contribution in [-0.2, 0) is 6.42 Å². The normalized spacial score (nSPS) is 14.8. The summed E-state index contributed by atoms with van der Waals surface area (Å²) in [6, 6.07) is 16.6. The van der Waals surface area contributed by atoms with Crippen LogP contribution in [0.3, 0.4) is 0 Å². The van der Waals surface area contributed by atoms with Crippen LogP contribution < -0.4 is 25.0 Å². The number of methoxy groups -OCH3 is 2. The van der Waals surface area contributed by atoms with Gasteiger partial charge in [0.05, 0.1) is 14.2 Å². The molecule has 0 radical (unpaired) electrons. The van der Waals surface area contributed by atoms with Gasteiger partial charge in [-0.15, -0.1) is 0 Å². The van der Waals surface area contributed by atoms with Crippen molar-refractivity contribution < 1.29 is 9.47 Å². The lowest BCUT2D eigenvalue weighted by Gasteiger charge is -2.36. The molecule has 1 heterocycles. The molecule has 174 valence electrons.